The first-order valence-electron chi connectivity index (χ1n) is 6.03. The van der Waals surface area contributed by atoms with E-state index in [1.54, 1.807) is 0 Å². The van der Waals surface area contributed by atoms with E-state index in [-0.39, 0.29) is 12.0 Å². The standard InChI is InChI=1S/C14H14F2O3/c1-19-14(18)10-6-5-8(7-12(10)17)9-3-2-4-11(15)13(9)16/h2-4,7,10-11,13H,5-6H2,1H3. The van der Waals surface area contributed by atoms with Gasteiger partial charge in [-0.1, -0.05) is 12.2 Å². The van der Waals surface area contributed by atoms with Crippen molar-refractivity contribution >= 4 is 11.8 Å². The molecule has 19 heavy (non-hydrogen) atoms. The van der Waals surface area contributed by atoms with Crippen LogP contribution in [0.5, 0.6) is 0 Å². The Balaban J connectivity index is 2.20. The molecule has 3 unspecified atom stereocenters. The van der Waals surface area contributed by atoms with Crippen molar-refractivity contribution in [3.8, 4) is 0 Å². The van der Waals surface area contributed by atoms with E-state index in [1.165, 1.54) is 25.3 Å². The minimum atomic E-state index is -1.75. The van der Waals surface area contributed by atoms with Gasteiger partial charge in [-0.3, -0.25) is 9.59 Å². The zero-order valence-corrected chi connectivity index (χ0v) is 10.4. The molecule has 0 aromatic rings. The Hall–Kier alpha value is -1.78. The molecule has 0 aromatic heterocycles. The van der Waals surface area contributed by atoms with Crippen LogP contribution in [0.15, 0.2) is 35.5 Å². The van der Waals surface area contributed by atoms with E-state index in [2.05, 4.69) is 4.74 Å². The quantitative estimate of drug-likeness (QED) is 0.570. The number of rotatable bonds is 2. The molecule has 0 radical (unpaired) electrons. The summed E-state index contributed by atoms with van der Waals surface area (Å²) in [6, 6.07) is 0. The van der Waals surface area contributed by atoms with E-state index >= 15 is 0 Å². The SMILES string of the molecule is COC(=O)C1CCC(C2=CC=CC(F)C2F)=CC1=O. The Morgan fingerprint density at radius 2 is 2.16 bits per heavy atom. The summed E-state index contributed by atoms with van der Waals surface area (Å²) in [6.07, 6.45) is 2.46. The van der Waals surface area contributed by atoms with Gasteiger partial charge in [-0.25, -0.2) is 8.78 Å². The molecule has 3 atom stereocenters. The molecule has 0 saturated carbocycles. The highest BCUT2D eigenvalue weighted by Crippen LogP contribution is 2.32. The minimum Gasteiger partial charge on any atom is -0.468 e. The van der Waals surface area contributed by atoms with Gasteiger partial charge in [0.05, 0.1) is 7.11 Å². The number of methoxy groups -OCH3 is 1. The van der Waals surface area contributed by atoms with Gasteiger partial charge in [-0.2, -0.15) is 0 Å². The third-order valence-corrected chi connectivity index (χ3v) is 3.37. The van der Waals surface area contributed by atoms with Gasteiger partial charge in [-0.15, -0.1) is 0 Å². The van der Waals surface area contributed by atoms with E-state index in [4.69, 9.17) is 0 Å². The number of ketones is 1. The van der Waals surface area contributed by atoms with Crippen LogP contribution in [-0.4, -0.2) is 31.2 Å². The van der Waals surface area contributed by atoms with Gasteiger partial charge in [0.15, 0.2) is 18.1 Å². The number of ether oxygens (including phenoxy) is 1. The van der Waals surface area contributed by atoms with E-state index in [1.807, 2.05) is 0 Å². The first-order chi connectivity index (χ1) is 9.04. The van der Waals surface area contributed by atoms with Crippen LogP contribution < -0.4 is 0 Å². The summed E-state index contributed by atoms with van der Waals surface area (Å²) in [5, 5.41) is 0. The van der Waals surface area contributed by atoms with Gasteiger partial charge < -0.3 is 4.74 Å². The zero-order chi connectivity index (χ0) is 14.0. The van der Waals surface area contributed by atoms with Gasteiger partial charge in [0, 0.05) is 0 Å². The monoisotopic (exact) mass is 268 g/mol. The second kappa shape index (κ2) is 5.47. The molecule has 0 bridgehead atoms. The van der Waals surface area contributed by atoms with Crippen LogP contribution in [-0.2, 0) is 14.3 Å². The maximum Gasteiger partial charge on any atom is 0.316 e. The van der Waals surface area contributed by atoms with Gasteiger partial charge in [0.1, 0.15) is 5.92 Å². The lowest BCUT2D eigenvalue weighted by Crippen LogP contribution is -2.29. The van der Waals surface area contributed by atoms with Crippen molar-refractivity contribution in [2.24, 2.45) is 5.92 Å². The third-order valence-electron chi connectivity index (χ3n) is 3.37. The summed E-state index contributed by atoms with van der Waals surface area (Å²) in [7, 11) is 1.22. The van der Waals surface area contributed by atoms with Crippen molar-refractivity contribution in [3.63, 3.8) is 0 Å². The van der Waals surface area contributed by atoms with Crippen molar-refractivity contribution < 1.29 is 23.1 Å². The average molecular weight is 268 g/mol. The summed E-state index contributed by atoms with van der Waals surface area (Å²) in [4.78, 5) is 23.1. The van der Waals surface area contributed by atoms with Crippen molar-refractivity contribution in [3.05, 3.63) is 35.5 Å². The lowest BCUT2D eigenvalue weighted by Gasteiger charge is -2.24. The molecule has 0 aliphatic heterocycles. The van der Waals surface area contributed by atoms with Crippen LogP contribution in [0.4, 0.5) is 8.78 Å². The Morgan fingerprint density at radius 3 is 2.79 bits per heavy atom. The van der Waals surface area contributed by atoms with E-state index in [9.17, 15) is 18.4 Å². The third kappa shape index (κ3) is 2.64. The number of alkyl halides is 2. The van der Waals surface area contributed by atoms with Crippen LogP contribution in [0.25, 0.3) is 0 Å². The van der Waals surface area contributed by atoms with E-state index in [0.29, 0.717) is 12.0 Å². The van der Waals surface area contributed by atoms with Gasteiger partial charge in [0.2, 0.25) is 0 Å². The molecule has 0 amide bonds. The Labute approximate surface area is 109 Å². The van der Waals surface area contributed by atoms with Gasteiger partial charge in [0.25, 0.3) is 0 Å². The second-order valence-corrected chi connectivity index (χ2v) is 4.54. The van der Waals surface area contributed by atoms with Crippen LogP contribution >= 0.6 is 0 Å². The number of allylic oxidation sites excluding steroid dienone is 6. The normalized spacial score (nSPS) is 30.7. The highest BCUT2D eigenvalue weighted by atomic mass is 19.2. The highest BCUT2D eigenvalue weighted by molar-refractivity contribution is 6.06. The maximum absolute atomic E-state index is 13.7. The lowest BCUT2D eigenvalue weighted by atomic mass is 9.82. The number of hydrogen-bond donors (Lipinski definition) is 0. The molecular weight excluding hydrogens is 254 g/mol. The van der Waals surface area contributed by atoms with Crippen molar-refractivity contribution in [2.45, 2.75) is 25.2 Å². The molecule has 0 aromatic carbocycles. The number of esters is 1. The molecule has 0 spiro atoms. The van der Waals surface area contributed by atoms with Crippen LogP contribution in [0.2, 0.25) is 0 Å². The molecule has 2 rings (SSSR count). The van der Waals surface area contributed by atoms with E-state index < -0.39 is 30.0 Å². The number of hydrogen-bond acceptors (Lipinski definition) is 3. The molecule has 0 saturated heterocycles. The topological polar surface area (TPSA) is 43.4 Å². The Morgan fingerprint density at radius 1 is 1.42 bits per heavy atom. The molecule has 2 aliphatic carbocycles. The van der Waals surface area contributed by atoms with Gasteiger partial charge in [-0.05, 0) is 36.1 Å². The number of carbonyl (C=O) groups is 2. The van der Waals surface area contributed by atoms with Crippen molar-refractivity contribution in [1.29, 1.82) is 0 Å². The molecule has 0 N–H and O–H groups in total. The van der Waals surface area contributed by atoms with Crippen LogP contribution in [0.1, 0.15) is 12.8 Å². The molecule has 102 valence electrons. The smallest absolute Gasteiger partial charge is 0.316 e. The first kappa shape index (κ1) is 13.6. The molecule has 0 heterocycles. The van der Waals surface area contributed by atoms with Gasteiger partial charge >= 0.3 is 5.97 Å². The fourth-order valence-corrected chi connectivity index (χ4v) is 2.30. The predicted octanol–water partition coefficient (Wildman–Crippen LogP) is 2.24. The van der Waals surface area contributed by atoms with Crippen molar-refractivity contribution in [1.82, 2.24) is 0 Å². The Bertz CT molecular complexity index is 491. The number of carbonyl (C=O) groups excluding carboxylic acids is 2. The first-order valence-corrected chi connectivity index (χ1v) is 6.03. The van der Waals surface area contributed by atoms with Crippen molar-refractivity contribution in [2.75, 3.05) is 7.11 Å². The minimum absolute atomic E-state index is 0.187. The summed E-state index contributed by atoms with van der Waals surface area (Å²) in [5.41, 5.74) is 0.649. The summed E-state index contributed by atoms with van der Waals surface area (Å²) < 4.78 is 31.5. The van der Waals surface area contributed by atoms with Crippen LogP contribution in [0.3, 0.4) is 0 Å². The largest absolute Gasteiger partial charge is 0.468 e. The molecule has 2 aliphatic rings. The molecule has 0 fully saturated rings. The summed E-state index contributed by atoms with van der Waals surface area (Å²) in [6.45, 7) is 0. The predicted molar refractivity (Wildman–Crippen MR) is 64.8 cm³/mol. The maximum atomic E-state index is 13.7. The highest BCUT2D eigenvalue weighted by Gasteiger charge is 2.33. The molecule has 5 heteroatoms. The molecular formula is C14H14F2O3. The summed E-state index contributed by atoms with van der Waals surface area (Å²) in [5.74, 6) is -1.82. The Kier molecular flexibility index (Phi) is 3.93. The van der Waals surface area contributed by atoms with Crippen LogP contribution in [0, 0.1) is 5.92 Å². The lowest BCUT2D eigenvalue weighted by molar-refractivity contribution is -0.148. The second-order valence-electron chi connectivity index (χ2n) is 4.54. The molecule has 3 nitrogen and oxygen atoms in total. The zero-order valence-electron chi connectivity index (χ0n) is 10.4. The summed E-state index contributed by atoms with van der Waals surface area (Å²) >= 11 is 0. The number of halogens is 2. The van der Waals surface area contributed by atoms with E-state index in [0.717, 1.165) is 6.08 Å². The average Bonchev–Trinajstić information content (AvgIpc) is 2.41. The fourth-order valence-electron chi connectivity index (χ4n) is 2.30. The fraction of sp³-hybridized carbons (Fsp3) is 0.429.